The molecule has 0 saturated carbocycles. The molecule has 0 amide bonds. The molecule has 0 spiro atoms. The highest BCUT2D eigenvalue weighted by molar-refractivity contribution is 6.29. The van der Waals surface area contributed by atoms with E-state index in [-0.39, 0.29) is 0 Å². The maximum atomic E-state index is 5.90. The molecule has 4 N–H and O–H groups in total. The third kappa shape index (κ3) is 2.24. The van der Waals surface area contributed by atoms with Crippen molar-refractivity contribution in [1.29, 1.82) is 0 Å². The lowest BCUT2D eigenvalue weighted by atomic mass is 10.1. The van der Waals surface area contributed by atoms with E-state index in [9.17, 15) is 0 Å². The highest BCUT2D eigenvalue weighted by atomic mass is 35.5. The van der Waals surface area contributed by atoms with Crippen molar-refractivity contribution in [2.75, 3.05) is 18.6 Å². The van der Waals surface area contributed by atoms with Crippen LogP contribution in [0.1, 0.15) is 0 Å². The first-order chi connectivity index (χ1) is 8.11. The molecular weight excluding hydrogens is 240 g/mol. The topological polar surface area (TPSA) is 87.0 Å². The molecule has 0 aromatic carbocycles. The van der Waals surface area contributed by atoms with Crippen LogP contribution in [0, 0.1) is 0 Å². The van der Waals surface area contributed by atoms with Gasteiger partial charge in [-0.05, 0) is 6.07 Å². The van der Waals surface area contributed by atoms with E-state index in [0.29, 0.717) is 33.5 Å². The Labute approximate surface area is 103 Å². The van der Waals surface area contributed by atoms with Gasteiger partial charge >= 0.3 is 0 Å². The number of pyridine rings is 2. The van der Waals surface area contributed by atoms with Crippen LogP contribution in [0.2, 0.25) is 5.15 Å². The van der Waals surface area contributed by atoms with Crippen molar-refractivity contribution < 1.29 is 4.74 Å². The smallest absolute Gasteiger partial charge is 0.215 e. The summed E-state index contributed by atoms with van der Waals surface area (Å²) in [7, 11) is 1.53. The van der Waals surface area contributed by atoms with Crippen LogP contribution >= 0.6 is 11.6 Å². The first kappa shape index (κ1) is 11.5. The Bertz CT molecular complexity index is 559. The summed E-state index contributed by atoms with van der Waals surface area (Å²) in [6.07, 6.45) is 3.16. The van der Waals surface area contributed by atoms with Gasteiger partial charge in [0.15, 0.2) is 0 Å². The monoisotopic (exact) mass is 250 g/mol. The summed E-state index contributed by atoms with van der Waals surface area (Å²) >= 11 is 5.73. The minimum Gasteiger partial charge on any atom is -0.481 e. The van der Waals surface area contributed by atoms with Crippen molar-refractivity contribution in [1.82, 2.24) is 9.97 Å². The minimum atomic E-state index is 0.339. The van der Waals surface area contributed by atoms with E-state index < -0.39 is 0 Å². The summed E-state index contributed by atoms with van der Waals surface area (Å²) in [5.74, 6) is 0.451. The average Bonchev–Trinajstić information content (AvgIpc) is 2.30. The highest BCUT2D eigenvalue weighted by Crippen LogP contribution is 2.31. The highest BCUT2D eigenvalue weighted by Gasteiger charge is 2.09. The van der Waals surface area contributed by atoms with Crippen LogP contribution in [0.4, 0.5) is 11.4 Å². The largest absolute Gasteiger partial charge is 0.481 e. The van der Waals surface area contributed by atoms with Gasteiger partial charge in [-0.1, -0.05) is 11.6 Å². The fourth-order valence-corrected chi connectivity index (χ4v) is 1.62. The number of rotatable bonds is 2. The van der Waals surface area contributed by atoms with E-state index in [1.54, 1.807) is 24.5 Å². The number of aromatic nitrogens is 2. The SMILES string of the molecule is COc1cc(N)c(-c2cnc(Cl)cc2N)cn1. The molecule has 2 aromatic heterocycles. The molecule has 2 heterocycles. The summed E-state index contributed by atoms with van der Waals surface area (Å²) in [4.78, 5) is 8.05. The molecule has 0 bridgehead atoms. The predicted octanol–water partition coefficient (Wildman–Crippen LogP) is 1.97. The normalized spacial score (nSPS) is 10.2. The zero-order valence-corrected chi connectivity index (χ0v) is 9.90. The van der Waals surface area contributed by atoms with Crippen LogP contribution in [-0.2, 0) is 0 Å². The van der Waals surface area contributed by atoms with E-state index >= 15 is 0 Å². The van der Waals surface area contributed by atoms with Crippen molar-refractivity contribution >= 4 is 23.0 Å². The molecule has 0 radical (unpaired) electrons. The number of nitrogens with two attached hydrogens (primary N) is 2. The fourth-order valence-electron chi connectivity index (χ4n) is 1.46. The Hall–Kier alpha value is -2.01. The average molecular weight is 251 g/mol. The lowest BCUT2D eigenvalue weighted by Crippen LogP contribution is -1.98. The standard InChI is InChI=1S/C11H11ClN4O/c1-17-11-3-9(14)7(5-16-11)6-4-15-10(12)2-8(6)13/h2-5H,1H3,(H2,13,15)(H2,14,16). The van der Waals surface area contributed by atoms with E-state index in [1.807, 2.05) is 0 Å². The third-order valence-corrected chi connectivity index (χ3v) is 2.52. The third-order valence-electron chi connectivity index (χ3n) is 2.31. The molecule has 2 rings (SSSR count). The van der Waals surface area contributed by atoms with Crippen LogP contribution < -0.4 is 16.2 Å². The van der Waals surface area contributed by atoms with Crippen molar-refractivity contribution in [3.05, 3.63) is 29.7 Å². The molecule has 0 saturated heterocycles. The second kappa shape index (κ2) is 4.47. The lowest BCUT2D eigenvalue weighted by molar-refractivity contribution is 0.398. The number of hydrogen-bond acceptors (Lipinski definition) is 5. The van der Waals surface area contributed by atoms with Crippen LogP contribution in [0.5, 0.6) is 5.88 Å². The maximum Gasteiger partial charge on any atom is 0.215 e. The van der Waals surface area contributed by atoms with Gasteiger partial charge in [0.05, 0.1) is 7.11 Å². The van der Waals surface area contributed by atoms with Gasteiger partial charge in [0.2, 0.25) is 5.88 Å². The quantitative estimate of drug-likeness (QED) is 0.796. The molecule has 17 heavy (non-hydrogen) atoms. The van der Waals surface area contributed by atoms with Gasteiger partial charge in [-0.2, -0.15) is 0 Å². The van der Waals surface area contributed by atoms with Gasteiger partial charge < -0.3 is 16.2 Å². The summed E-state index contributed by atoms with van der Waals surface area (Å²) in [5.41, 5.74) is 14.2. The molecule has 0 aliphatic heterocycles. The molecule has 88 valence electrons. The van der Waals surface area contributed by atoms with Crippen LogP contribution in [0.3, 0.4) is 0 Å². The molecular formula is C11H11ClN4O. The zero-order valence-electron chi connectivity index (χ0n) is 9.14. The fraction of sp³-hybridized carbons (Fsp3) is 0.0909. The van der Waals surface area contributed by atoms with Crippen LogP contribution in [0.15, 0.2) is 24.5 Å². The van der Waals surface area contributed by atoms with E-state index in [1.165, 1.54) is 7.11 Å². The first-order valence-electron chi connectivity index (χ1n) is 4.82. The lowest BCUT2D eigenvalue weighted by Gasteiger charge is -2.09. The minimum absolute atomic E-state index is 0.339. The molecule has 0 atom stereocenters. The molecule has 5 nitrogen and oxygen atoms in total. The van der Waals surface area contributed by atoms with Crippen molar-refractivity contribution in [2.45, 2.75) is 0 Å². The van der Waals surface area contributed by atoms with Crippen molar-refractivity contribution in [3.8, 4) is 17.0 Å². The molecule has 0 aliphatic carbocycles. The summed E-state index contributed by atoms with van der Waals surface area (Å²) < 4.78 is 4.98. The number of nitrogens with zero attached hydrogens (tertiary/aromatic N) is 2. The Morgan fingerprint density at radius 2 is 1.65 bits per heavy atom. The molecule has 0 aliphatic rings. The maximum absolute atomic E-state index is 5.90. The van der Waals surface area contributed by atoms with Gasteiger partial charge in [-0.15, -0.1) is 0 Å². The molecule has 0 unspecified atom stereocenters. The van der Waals surface area contributed by atoms with Gasteiger partial charge in [0, 0.05) is 41.0 Å². The molecule has 2 aromatic rings. The van der Waals surface area contributed by atoms with Crippen molar-refractivity contribution in [3.63, 3.8) is 0 Å². The summed E-state index contributed by atoms with van der Waals surface area (Å²) in [6.45, 7) is 0. The molecule has 6 heteroatoms. The zero-order chi connectivity index (χ0) is 12.4. The second-order valence-electron chi connectivity index (χ2n) is 3.41. The van der Waals surface area contributed by atoms with Gasteiger partial charge in [0.1, 0.15) is 5.15 Å². The predicted molar refractivity (Wildman–Crippen MR) is 67.9 cm³/mol. The number of anilines is 2. The first-order valence-corrected chi connectivity index (χ1v) is 5.20. The summed E-state index contributed by atoms with van der Waals surface area (Å²) in [6, 6.07) is 3.20. The summed E-state index contributed by atoms with van der Waals surface area (Å²) in [5, 5.41) is 0.339. The molecule has 0 fully saturated rings. The number of halogens is 1. The number of hydrogen-bond donors (Lipinski definition) is 2. The van der Waals surface area contributed by atoms with E-state index in [0.717, 1.165) is 0 Å². The van der Waals surface area contributed by atoms with Crippen LogP contribution in [0.25, 0.3) is 11.1 Å². The number of methoxy groups -OCH3 is 1. The Morgan fingerprint density at radius 3 is 2.18 bits per heavy atom. The Balaban J connectivity index is 2.53. The second-order valence-corrected chi connectivity index (χ2v) is 3.80. The van der Waals surface area contributed by atoms with Gasteiger partial charge in [-0.3, -0.25) is 0 Å². The Kier molecular flexibility index (Phi) is 3.01. The number of ether oxygens (including phenoxy) is 1. The van der Waals surface area contributed by atoms with E-state index in [2.05, 4.69) is 9.97 Å². The van der Waals surface area contributed by atoms with Crippen LogP contribution in [-0.4, -0.2) is 17.1 Å². The van der Waals surface area contributed by atoms with E-state index in [4.69, 9.17) is 27.8 Å². The van der Waals surface area contributed by atoms with Gasteiger partial charge in [0.25, 0.3) is 0 Å². The van der Waals surface area contributed by atoms with Crippen molar-refractivity contribution in [2.24, 2.45) is 0 Å². The van der Waals surface area contributed by atoms with Gasteiger partial charge in [-0.25, -0.2) is 9.97 Å². The number of nitrogen functional groups attached to an aromatic ring is 2. The Morgan fingerprint density at radius 1 is 1.06 bits per heavy atom.